The van der Waals surface area contributed by atoms with E-state index in [0.29, 0.717) is 16.7 Å². The van der Waals surface area contributed by atoms with Crippen molar-refractivity contribution in [3.8, 4) is 33.5 Å². The average molecular weight is 1700 g/mol. The van der Waals surface area contributed by atoms with Gasteiger partial charge < -0.3 is 22.7 Å². The maximum atomic E-state index is 10.0. The first-order chi connectivity index (χ1) is 49.2. The predicted octanol–water partition coefficient (Wildman–Crippen LogP) is 18.2. The zero-order valence-electron chi connectivity index (χ0n) is 69.5. The molecule has 85 heavy (non-hydrogen) atoms. The fourth-order valence-electron chi connectivity index (χ4n) is 8.96. The maximum Gasteiger partial charge on any atom is 0.244 e. The molecule has 0 unspecified atom stereocenters. The number of aliphatic hydroxyl groups is 1. The summed E-state index contributed by atoms with van der Waals surface area (Å²) in [6, 6.07) is 2.88. The summed E-state index contributed by atoms with van der Waals surface area (Å²) in [6.45, 7) is 10.6. The number of allylic oxidation sites excluding steroid dienone is 2. The van der Waals surface area contributed by atoms with Crippen LogP contribution in [-0.2, 0) is 65.1 Å². The van der Waals surface area contributed by atoms with E-state index in [4.69, 9.17) is 45.2 Å². The molecule has 8 aromatic heterocycles. The van der Waals surface area contributed by atoms with Gasteiger partial charge in [0.1, 0.15) is 17.0 Å². The summed E-state index contributed by atoms with van der Waals surface area (Å²) < 4.78 is 227. The fourth-order valence-corrected chi connectivity index (χ4v) is 9.47. The molecule has 0 saturated carbocycles. The van der Waals surface area contributed by atoms with E-state index in [-0.39, 0.29) is 366 Å². The number of oxazole rings is 1. The van der Waals surface area contributed by atoms with Crippen LogP contribution in [0.2, 0.25) is 0 Å². The van der Waals surface area contributed by atoms with Crippen LogP contribution in [0.15, 0.2) is 186 Å². The Labute approximate surface area is 576 Å². The summed E-state index contributed by atoms with van der Waals surface area (Å²) >= 11 is 0.859. The molecule has 0 amide bonds. The van der Waals surface area contributed by atoms with Crippen molar-refractivity contribution in [1.82, 2.24) is 38.1 Å². The summed E-state index contributed by atoms with van der Waals surface area (Å²) in [5.41, 5.74) is 2.39. The van der Waals surface area contributed by atoms with Crippen LogP contribution < -0.4 is 0 Å². The van der Waals surface area contributed by atoms with Crippen molar-refractivity contribution >= 4 is 99.1 Å². The van der Waals surface area contributed by atoms with Crippen LogP contribution in [-0.4, -0.2) is 49.0 Å². The molecule has 0 atom stereocenters. The number of carbonyl (C=O) groups is 1. The van der Waals surface area contributed by atoms with Gasteiger partial charge in [0.2, 0.25) is 5.89 Å². The van der Waals surface area contributed by atoms with E-state index in [9.17, 15) is 4.79 Å². The molecule has 0 aliphatic rings. The second kappa shape index (κ2) is 27.9. The molecule has 0 spiro atoms. The molecule has 15 heteroatoms. The first kappa shape index (κ1) is 38.3. The first-order valence-corrected chi connectivity index (χ1v) is 24.5. The molecule has 0 fully saturated rings. The Morgan fingerprint density at radius 3 is 1.36 bits per heavy atom. The third-order valence-corrected chi connectivity index (χ3v) is 12.8. The molecule has 11 nitrogen and oxygen atoms in total. The van der Waals surface area contributed by atoms with E-state index in [1.54, 1.807) is 20.8 Å². The van der Waals surface area contributed by atoms with Gasteiger partial charge >= 0.3 is 0 Å². The van der Waals surface area contributed by atoms with E-state index in [1.807, 2.05) is 0 Å². The van der Waals surface area contributed by atoms with Gasteiger partial charge in [0.25, 0.3) is 0 Å². The van der Waals surface area contributed by atoms with Gasteiger partial charge in [-0.2, -0.15) is 0 Å². The molecule has 0 saturated heterocycles. The van der Waals surface area contributed by atoms with Gasteiger partial charge in [-0.1, -0.05) is 110 Å². The Morgan fingerprint density at radius 2 is 0.976 bits per heavy atom. The number of carbonyl (C=O) groups excluding carboxylic acids is 1. The molecule has 8 heterocycles. The topological polar surface area (TPSA) is 128 Å². The minimum Gasteiger partial charge on any atom is -0.512 e. The average Bonchev–Trinajstić information content (AvgIpc) is 1.66. The van der Waals surface area contributed by atoms with Crippen LogP contribution in [0.5, 0.6) is 0 Å². The second-order valence-electron chi connectivity index (χ2n) is 17.6. The molecule has 0 bridgehead atoms. The quantitative estimate of drug-likeness (QED) is 0.0799. The standard InChI is InChI=1S/C24H19N2.C19H12N3O.C19H12N3S.C5H8O2.3CH4.3Ir/c1-15-11-12-21-20(13-15)18-9-4-5-10-19(18)24-25-14-22(26(21)24)23-16(2)7-6-8-17(23)3;2*1-12-6-7-16-15(10-12)13-4-2-3-5-14(13)18-21-11-17(22(16)18)19-20-8-9-23-19;1-4(6)3-5(2)7;;;;;;/h4-9,11-14H,1-3H3;2*2-4,6-11H,1H3;3,6H,1-2H3;3*1H4;;;/q3*-1;;;;;;;/i4D,5D,6D,7D,8D,9D,11D,12D,13D,14D;2D,3D,4D,6D,7D,10D,11D;2D,3D,4D,6D,7D,8D,9D,10D,11D;;;;;;;. The van der Waals surface area contributed by atoms with E-state index < -0.39 is 12.1 Å². The van der Waals surface area contributed by atoms with Gasteiger partial charge in [0.15, 0.2) is 5.78 Å². The number of benzene rings is 7. The zero-order valence-corrected chi connectivity index (χ0v) is 51.5. The van der Waals surface area contributed by atoms with Gasteiger partial charge in [0.05, 0.1) is 63.6 Å². The molecule has 1 N–H and O–H groups in total. The Hall–Kier alpha value is -7.83. The van der Waals surface area contributed by atoms with Crippen molar-refractivity contribution in [3.05, 3.63) is 227 Å². The molecule has 7 aromatic carbocycles. The largest absolute Gasteiger partial charge is 0.512 e. The van der Waals surface area contributed by atoms with Crippen molar-refractivity contribution in [2.75, 3.05) is 0 Å². The summed E-state index contributed by atoms with van der Waals surface area (Å²) in [5.74, 6) is 0.00740. The van der Waals surface area contributed by atoms with Crippen LogP contribution in [0, 0.1) is 52.8 Å². The molecule has 0 aliphatic heterocycles. The van der Waals surface area contributed by atoms with Gasteiger partial charge in [0, 0.05) is 127 Å². The Kier molecular flexibility index (Phi) is 12.6. The number of ketones is 1. The second-order valence-corrected chi connectivity index (χ2v) is 18.4. The van der Waals surface area contributed by atoms with Crippen molar-refractivity contribution in [2.24, 2.45) is 0 Å². The fraction of sp³-hybridized carbons (Fsp3) is 0.143. The van der Waals surface area contributed by atoms with Crippen molar-refractivity contribution in [3.63, 3.8) is 0 Å². The number of aliphatic hydroxyl groups excluding tert-OH is 1. The molecule has 3 radical (unpaired) electrons. The molecule has 0 aliphatic carbocycles. The number of hydrogen-bond acceptors (Lipinski definition) is 9. The normalized spacial score (nSPS) is 15.1. The summed E-state index contributed by atoms with van der Waals surface area (Å²) in [7, 11) is 0. The summed E-state index contributed by atoms with van der Waals surface area (Å²) in [5, 5.41) is 9.57. The monoisotopic (exact) mass is 1700 g/mol. The van der Waals surface area contributed by atoms with Gasteiger partial charge in [-0.3, -0.25) is 19.7 Å². The van der Waals surface area contributed by atoms with Gasteiger partial charge in [-0.25, -0.2) is 9.97 Å². The van der Waals surface area contributed by atoms with Crippen molar-refractivity contribution < 1.29 is 110 Å². The van der Waals surface area contributed by atoms with E-state index in [0.717, 1.165) is 11.3 Å². The molecular formula is C70H63Ir3N8O3S-3. The van der Waals surface area contributed by atoms with Crippen LogP contribution in [0.3, 0.4) is 0 Å². The zero-order chi connectivity index (χ0) is 77.1. The smallest absolute Gasteiger partial charge is 0.244 e. The molecular weight excluding hydrogens is 1610 g/mol. The number of fused-ring (bicyclic) bond motifs is 18. The Bertz CT molecular complexity index is 6420. The van der Waals surface area contributed by atoms with Gasteiger partial charge in [-0.05, 0) is 98.0 Å². The third-order valence-electron chi connectivity index (χ3n) is 12.1. The number of rotatable bonds is 4. The van der Waals surface area contributed by atoms with Crippen LogP contribution in [0.4, 0.5) is 0 Å². The molecule has 15 aromatic rings. The van der Waals surface area contributed by atoms with E-state index >= 15 is 0 Å². The van der Waals surface area contributed by atoms with Crippen molar-refractivity contribution in [1.29, 1.82) is 0 Å². The Balaban J connectivity index is 0.000000243. The molecule has 437 valence electrons. The third kappa shape index (κ3) is 12.5. The van der Waals surface area contributed by atoms with Crippen molar-refractivity contribution in [2.45, 2.75) is 70.7 Å². The number of imidazole rings is 3. The number of hydrogen-bond donors (Lipinski definition) is 1. The number of thiazole rings is 1. The number of nitrogens with zero attached hydrogens (tertiary/aromatic N) is 8. The van der Waals surface area contributed by atoms with E-state index in [1.165, 1.54) is 59.4 Å². The van der Waals surface area contributed by atoms with Crippen LogP contribution in [0.1, 0.15) is 99.6 Å². The predicted molar refractivity (Wildman–Crippen MR) is 340 cm³/mol. The number of aromatic nitrogens is 8. The van der Waals surface area contributed by atoms with Crippen LogP contribution >= 0.6 is 11.3 Å². The van der Waals surface area contributed by atoms with E-state index in [2.05, 4.69) is 43.1 Å². The molecule has 15 rings (SSSR count). The SMILES string of the molecule is C.C.C.CC(=O)C=C(C)O.[2H]c1[c-]c2c(c([2H])c1[2H])c1c([2H])c(C)c([2H])c([2H])c1n1c(-c3c(C)c([2H])c([2H])c([2H])c3C)c([2H])nc21.[2H]c1[c-]c2c(c([2H])c1[2H])c1c([2H])c(C)c([2H])c([2H])c1n1c(-c3nc([2H])c([2H])s3)c([2H])nc21.[2H]c1[c-]c2c(c([2H])c1[2H])c1c([2H])c(C)c([2H])c([2H])c1n1c(-c3ncco3)c([2H])nc21.[Ir].[Ir].[Ir]. The minimum absolute atomic E-state index is 0. The summed E-state index contributed by atoms with van der Waals surface area (Å²) in [4.78, 5) is 31.0. The summed E-state index contributed by atoms with van der Waals surface area (Å²) in [6.07, 6.45) is 2.86. The minimum atomic E-state index is -0.403. The maximum absolute atomic E-state index is 10.0. The van der Waals surface area contributed by atoms with Crippen LogP contribution in [0.25, 0.3) is 116 Å². The number of pyridine rings is 3. The first-order valence-electron chi connectivity index (χ1n) is 36.7. The Morgan fingerprint density at radius 1 is 0.553 bits per heavy atom. The van der Waals surface area contributed by atoms with Gasteiger partial charge in [-0.15, -0.1) is 100 Å².